The summed E-state index contributed by atoms with van der Waals surface area (Å²) in [6.45, 7) is 5.80. The molecule has 164 valence electrons. The maximum absolute atomic E-state index is 10.8. The van der Waals surface area contributed by atoms with Crippen molar-refractivity contribution in [3.05, 3.63) is 0 Å². The quantitative estimate of drug-likeness (QED) is 0.308. The van der Waals surface area contributed by atoms with Crippen molar-refractivity contribution in [1.82, 2.24) is 10.2 Å². The van der Waals surface area contributed by atoms with Crippen molar-refractivity contribution in [3.8, 4) is 0 Å². The molecule has 1 amide bonds. The lowest BCUT2D eigenvalue weighted by Gasteiger charge is -2.12. The van der Waals surface area contributed by atoms with E-state index in [2.05, 4.69) is 10.1 Å². The summed E-state index contributed by atoms with van der Waals surface area (Å²) in [7, 11) is -6.73. The fraction of sp³-hybridized carbons (Fsp3) is 0.786. The summed E-state index contributed by atoms with van der Waals surface area (Å²) >= 11 is 0. The van der Waals surface area contributed by atoms with Gasteiger partial charge in [-0.25, -0.2) is 27.1 Å². The lowest BCUT2D eigenvalue weighted by molar-refractivity contribution is -0.156. The largest absolute Gasteiger partial charge is 0.394 e. The van der Waals surface area contributed by atoms with Crippen molar-refractivity contribution in [2.75, 3.05) is 26.2 Å². The molecular weight excluding hydrogens is 416 g/mol. The molecule has 0 aromatic heterocycles. The Kier molecular flexibility index (Phi) is 10.7. The van der Waals surface area contributed by atoms with Gasteiger partial charge < -0.3 is 15.0 Å². The molecule has 2 atom stereocenters. The molecule has 28 heavy (non-hydrogen) atoms. The van der Waals surface area contributed by atoms with E-state index in [1.807, 2.05) is 0 Å². The van der Waals surface area contributed by atoms with Crippen LogP contribution in [0, 0.1) is 0 Å². The van der Waals surface area contributed by atoms with Gasteiger partial charge in [0.2, 0.25) is 26.0 Å². The third-order valence-corrected chi connectivity index (χ3v) is 6.47. The summed E-state index contributed by atoms with van der Waals surface area (Å²) in [5, 5.41) is 11.8. The minimum atomic E-state index is -3.46. The number of carbonyl (C=O) groups is 3. The number of carbonyl (C=O) groups excluding carboxylic acids is 3. The van der Waals surface area contributed by atoms with Gasteiger partial charge in [-0.15, -0.1) is 0 Å². The van der Waals surface area contributed by atoms with Crippen molar-refractivity contribution in [3.63, 3.8) is 0 Å². The highest BCUT2D eigenvalue weighted by atomic mass is 32.2. The zero-order chi connectivity index (χ0) is 22.1. The second-order valence-electron chi connectivity index (χ2n) is 6.25. The van der Waals surface area contributed by atoms with Crippen LogP contribution in [-0.2, 0) is 39.2 Å². The molecule has 0 saturated carbocycles. The molecule has 0 radical (unpaired) electrons. The van der Waals surface area contributed by atoms with E-state index >= 15 is 0 Å². The van der Waals surface area contributed by atoms with Gasteiger partial charge in [-0.05, 0) is 19.4 Å². The van der Waals surface area contributed by atoms with Crippen molar-refractivity contribution < 1.29 is 36.0 Å². The Morgan fingerprint density at radius 1 is 0.929 bits per heavy atom. The number of amides is 1. The Labute approximate surface area is 165 Å². The Morgan fingerprint density at radius 3 is 1.61 bits per heavy atom. The molecule has 2 saturated heterocycles. The SMILES string of the molecule is CC(=O)N1CCC(S(N)(=O)=O)C1.CC(=O)OC(C)=O.NS(=O)(=O)C1CCNC1. The van der Waals surface area contributed by atoms with Gasteiger partial charge in [0.25, 0.3) is 0 Å². The number of sulfonamides is 2. The second-order valence-corrected chi connectivity index (χ2v) is 9.94. The average molecular weight is 445 g/mol. The number of hydrogen-bond acceptors (Lipinski definition) is 9. The van der Waals surface area contributed by atoms with Gasteiger partial charge in [0.05, 0.1) is 10.5 Å². The van der Waals surface area contributed by atoms with Crippen molar-refractivity contribution in [1.29, 1.82) is 0 Å². The van der Waals surface area contributed by atoms with Crippen LogP contribution < -0.4 is 15.6 Å². The van der Waals surface area contributed by atoms with E-state index in [9.17, 15) is 31.2 Å². The monoisotopic (exact) mass is 444 g/mol. The van der Waals surface area contributed by atoms with E-state index in [1.165, 1.54) is 25.7 Å². The Balaban J connectivity index is 0.000000408. The molecule has 0 spiro atoms. The molecular formula is C14H28N4O8S2. The van der Waals surface area contributed by atoms with Gasteiger partial charge in [-0.3, -0.25) is 14.4 Å². The Morgan fingerprint density at radius 2 is 1.43 bits per heavy atom. The van der Waals surface area contributed by atoms with Crippen molar-refractivity contribution in [2.45, 2.75) is 44.1 Å². The standard InChI is InChI=1S/C6H12N2O3S.C4H10N2O2S.C4H6O3/c1-5(9)8-3-2-6(4-8)12(7,10)11;5-9(7,8)4-1-2-6-3-4;1-3(5)7-4(2)6/h6H,2-4H2,1H3,(H2,7,10,11);4,6H,1-3H2,(H2,5,7,8);1-2H3. The zero-order valence-corrected chi connectivity index (χ0v) is 17.7. The molecule has 2 aliphatic heterocycles. The van der Waals surface area contributed by atoms with Crippen LogP contribution in [0.15, 0.2) is 0 Å². The minimum absolute atomic E-state index is 0.0962. The van der Waals surface area contributed by atoms with Gasteiger partial charge >= 0.3 is 11.9 Å². The van der Waals surface area contributed by atoms with E-state index in [1.54, 1.807) is 0 Å². The van der Waals surface area contributed by atoms with Crippen molar-refractivity contribution >= 4 is 37.9 Å². The zero-order valence-electron chi connectivity index (χ0n) is 16.1. The first-order valence-corrected chi connectivity index (χ1v) is 11.5. The van der Waals surface area contributed by atoms with Gasteiger partial charge in [0.15, 0.2) is 0 Å². The first-order valence-electron chi connectivity index (χ1n) is 8.33. The summed E-state index contributed by atoms with van der Waals surface area (Å²) in [5.41, 5.74) is 0. The van der Waals surface area contributed by atoms with E-state index in [0.717, 1.165) is 6.54 Å². The number of rotatable bonds is 2. The lowest BCUT2D eigenvalue weighted by atomic mass is 10.4. The lowest BCUT2D eigenvalue weighted by Crippen LogP contribution is -2.33. The highest BCUT2D eigenvalue weighted by Crippen LogP contribution is 2.14. The Bertz CT molecular complexity index is 748. The maximum atomic E-state index is 10.8. The molecule has 5 N–H and O–H groups in total. The first kappa shape index (κ1) is 26.4. The summed E-state index contributed by atoms with van der Waals surface area (Å²) < 4.78 is 46.8. The molecule has 0 aromatic rings. The number of ether oxygens (including phenoxy) is 1. The number of esters is 2. The highest BCUT2D eigenvalue weighted by Gasteiger charge is 2.31. The molecule has 2 aliphatic rings. The molecule has 0 aromatic carbocycles. The number of nitrogens with two attached hydrogens (primary N) is 2. The molecule has 2 rings (SSSR count). The third kappa shape index (κ3) is 11.3. The number of nitrogens with zero attached hydrogens (tertiary/aromatic N) is 1. The molecule has 0 aliphatic carbocycles. The van der Waals surface area contributed by atoms with Crippen LogP contribution in [-0.4, -0.2) is 76.3 Å². The van der Waals surface area contributed by atoms with Gasteiger partial charge in [0.1, 0.15) is 0 Å². The molecule has 2 unspecified atom stereocenters. The third-order valence-electron chi connectivity index (χ3n) is 3.82. The van der Waals surface area contributed by atoms with E-state index in [-0.39, 0.29) is 17.7 Å². The number of primary sulfonamides is 2. The van der Waals surface area contributed by atoms with Crippen LogP contribution in [0.3, 0.4) is 0 Å². The molecule has 0 bridgehead atoms. The van der Waals surface area contributed by atoms with E-state index in [0.29, 0.717) is 25.9 Å². The van der Waals surface area contributed by atoms with Crippen LogP contribution >= 0.6 is 0 Å². The van der Waals surface area contributed by atoms with Crippen LogP contribution in [0.5, 0.6) is 0 Å². The number of nitrogens with one attached hydrogen (secondary N) is 1. The number of hydrogen-bond donors (Lipinski definition) is 3. The van der Waals surface area contributed by atoms with Gasteiger partial charge in [-0.2, -0.15) is 0 Å². The summed E-state index contributed by atoms with van der Waals surface area (Å²) in [6.07, 6.45) is 1.11. The average Bonchev–Trinajstić information content (AvgIpc) is 3.18. The predicted molar refractivity (Wildman–Crippen MR) is 101 cm³/mol. The summed E-state index contributed by atoms with van der Waals surface area (Å²) in [5.74, 6) is -1.22. The molecule has 2 fully saturated rings. The van der Waals surface area contributed by atoms with E-state index < -0.39 is 37.2 Å². The van der Waals surface area contributed by atoms with Crippen LogP contribution in [0.25, 0.3) is 0 Å². The highest BCUT2D eigenvalue weighted by molar-refractivity contribution is 7.90. The smallest absolute Gasteiger partial charge is 0.310 e. The summed E-state index contributed by atoms with van der Waals surface area (Å²) in [6, 6.07) is 0. The fourth-order valence-electron chi connectivity index (χ4n) is 2.39. The van der Waals surface area contributed by atoms with Gasteiger partial charge in [0, 0.05) is 40.4 Å². The Hall–Kier alpha value is -1.61. The topological polar surface area (TPSA) is 196 Å². The number of likely N-dealkylation sites (tertiary alicyclic amines) is 1. The summed E-state index contributed by atoms with van der Waals surface area (Å²) in [4.78, 5) is 31.9. The molecule has 2 heterocycles. The van der Waals surface area contributed by atoms with Gasteiger partial charge in [-0.1, -0.05) is 0 Å². The second kappa shape index (κ2) is 11.4. The predicted octanol–water partition coefficient (Wildman–Crippen LogP) is -2.37. The molecule has 12 nitrogen and oxygen atoms in total. The van der Waals surface area contributed by atoms with Crippen LogP contribution in [0.2, 0.25) is 0 Å². The fourth-order valence-corrected chi connectivity index (χ4v) is 4.01. The van der Waals surface area contributed by atoms with Crippen LogP contribution in [0.4, 0.5) is 0 Å². The van der Waals surface area contributed by atoms with Crippen LogP contribution in [0.1, 0.15) is 33.6 Å². The first-order chi connectivity index (χ1) is 12.6. The normalized spacial score (nSPS) is 21.7. The minimum Gasteiger partial charge on any atom is -0.394 e. The van der Waals surface area contributed by atoms with E-state index in [4.69, 9.17) is 10.3 Å². The maximum Gasteiger partial charge on any atom is 0.310 e. The molecule has 14 heteroatoms. The van der Waals surface area contributed by atoms with Crippen molar-refractivity contribution in [2.24, 2.45) is 10.3 Å².